The molecule has 0 aromatic rings. The molecule has 6 heavy (non-hydrogen) atoms. The quantitative estimate of drug-likeness (QED) is 0.128. The maximum absolute atomic E-state index is 6.75. The van der Waals surface area contributed by atoms with E-state index in [9.17, 15) is 0 Å². The van der Waals surface area contributed by atoms with Crippen molar-refractivity contribution in [3.8, 4) is 0 Å². The molecule has 0 atom stereocenters. The third kappa shape index (κ3) is 61.3. The Labute approximate surface area is 78.9 Å². The van der Waals surface area contributed by atoms with Gasteiger partial charge in [0.2, 0.25) is 0 Å². The second-order valence-corrected chi connectivity index (χ2v) is 0.0894. The number of hydrogen-bond donors (Lipinski definition) is 0. The first-order valence-corrected chi connectivity index (χ1v) is 0.400. The third-order valence-electron chi connectivity index (χ3n) is 0. The molecule has 3 nitrogen and oxygen atoms in total. The van der Waals surface area contributed by atoms with Crippen LogP contribution in [-0.2, 0) is 0 Å². The molecule has 0 aliphatic heterocycles. The molecule has 24 valence electrons. The van der Waals surface area contributed by atoms with E-state index in [1.807, 2.05) is 0 Å². The molecule has 0 saturated carbocycles. The predicted octanol–water partition coefficient (Wildman–Crippen LogP) is -8.12. The molecule has 0 aliphatic carbocycles. The Balaban J connectivity index is -0.00000000667. The summed E-state index contributed by atoms with van der Waals surface area (Å²) in [6.45, 7) is 0. The summed E-state index contributed by atoms with van der Waals surface area (Å²) >= 11 is 0. The maximum atomic E-state index is 6.75. The van der Waals surface area contributed by atoms with Gasteiger partial charge in [-0.2, -0.15) is 0 Å². The molecule has 0 bridgehead atoms. The van der Waals surface area contributed by atoms with Crippen LogP contribution >= 0.6 is 0 Å². The molecular weight excluding hydrogens is 107 g/mol. The van der Waals surface area contributed by atoms with Crippen molar-refractivity contribution in [2.24, 2.45) is 0 Å². The van der Waals surface area contributed by atoms with Gasteiger partial charge in [0.15, 0.2) is 0 Å². The SMILES string of the molecule is [F-].[N-]=[N+]=[N-].[Na+].[Na+]. The first-order valence-electron chi connectivity index (χ1n) is 0.400. The van der Waals surface area contributed by atoms with Crippen LogP contribution in [-0.4, -0.2) is 0 Å². The van der Waals surface area contributed by atoms with E-state index in [4.69, 9.17) is 11.1 Å². The van der Waals surface area contributed by atoms with Gasteiger partial charge in [-0.15, -0.1) is 0 Å². The van der Waals surface area contributed by atoms with Crippen molar-refractivity contribution in [2.75, 3.05) is 0 Å². The standard InChI is InChI=1S/FH.N3.2Na/c;1-3-2;;/h1H;;;/q;-1;2*+1/p-1. The second-order valence-electron chi connectivity index (χ2n) is 0.0894. The fourth-order valence-corrected chi connectivity index (χ4v) is 0. The van der Waals surface area contributed by atoms with Gasteiger partial charge in [-0.1, -0.05) is 0 Å². The van der Waals surface area contributed by atoms with Gasteiger partial charge in [0.05, 0.1) is 0 Å². The van der Waals surface area contributed by atoms with E-state index in [2.05, 4.69) is 0 Å². The normalized spacial score (nSPS) is 1.33. The Morgan fingerprint density at radius 3 is 1.00 bits per heavy atom. The predicted molar refractivity (Wildman–Crippen MR) is 10.1 cm³/mol. The molecule has 0 spiro atoms. The molecule has 0 fully saturated rings. The van der Waals surface area contributed by atoms with E-state index in [0.717, 1.165) is 0 Å². The zero-order valence-corrected chi connectivity index (χ0v) is 7.72. The summed E-state index contributed by atoms with van der Waals surface area (Å²) in [5.74, 6) is 0. The van der Waals surface area contributed by atoms with E-state index in [1.165, 1.54) is 4.91 Å². The summed E-state index contributed by atoms with van der Waals surface area (Å²) in [4.78, 5) is 1.50. The third-order valence-corrected chi connectivity index (χ3v) is 0. The summed E-state index contributed by atoms with van der Waals surface area (Å²) in [5.41, 5.74) is 13.5. The van der Waals surface area contributed by atoms with Crippen LogP contribution in [0.3, 0.4) is 0 Å². The van der Waals surface area contributed by atoms with Crippen molar-refractivity contribution in [1.29, 1.82) is 0 Å². The minimum atomic E-state index is 0. The van der Waals surface area contributed by atoms with Crippen LogP contribution in [0.5, 0.6) is 0 Å². The maximum Gasteiger partial charge on any atom is 1.00 e. The fourth-order valence-electron chi connectivity index (χ4n) is 0. The monoisotopic (exact) mass is 107 g/mol. The van der Waals surface area contributed by atoms with Gasteiger partial charge in [0.25, 0.3) is 0 Å². The van der Waals surface area contributed by atoms with E-state index < -0.39 is 0 Å². The Morgan fingerprint density at radius 2 is 1.00 bits per heavy atom. The number of halogens is 1. The fraction of sp³-hybridized carbons (Fsp3) is 0. The minimum absolute atomic E-state index is 0. The second kappa shape index (κ2) is 34.1. The minimum Gasteiger partial charge on any atom is -1.00 e. The molecule has 0 N–H and O–H groups in total. The van der Waals surface area contributed by atoms with Crippen LogP contribution < -0.4 is 63.8 Å². The molecule has 0 saturated heterocycles. The molecule has 0 unspecified atom stereocenters. The van der Waals surface area contributed by atoms with E-state index in [-0.39, 0.29) is 63.8 Å². The van der Waals surface area contributed by atoms with Crippen molar-refractivity contribution < 1.29 is 63.8 Å². The molecule has 0 aliphatic rings. The van der Waals surface area contributed by atoms with Crippen LogP contribution in [0.2, 0.25) is 0 Å². The molecule has 0 amide bonds. The smallest absolute Gasteiger partial charge is 1.00 e. The van der Waals surface area contributed by atoms with Crippen LogP contribution in [0.4, 0.5) is 0 Å². The molecule has 6 heteroatoms. The summed E-state index contributed by atoms with van der Waals surface area (Å²) in [5, 5.41) is 0. The first kappa shape index (κ1) is 26.9. The number of rotatable bonds is 0. The van der Waals surface area contributed by atoms with Gasteiger partial charge in [0, 0.05) is 0 Å². The van der Waals surface area contributed by atoms with Crippen molar-refractivity contribution in [3.63, 3.8) is 0 Å². The zero-order valence-electron chi connectivity index (χ0n) is 3.72. The number of hydrogen-bond acceptors (Lipinski definition) is 0. The Bertz CT molecular complexity index is 29.8. The van der Waals surface area contributed by atoms with Crippen LogP contribution in [0.1, 0.15) is 0 Å². The Hall–Kier alpha value is 1.24. The van der Waals surface area contributed by atoms with Crippen molar-refractivity contribution in [3.05, 3.63) is 16.0 Å². The van der Waals surface area contributed by atoms with Gasteiger partial charge in [-0.25, -0.2) is 0 Å². The van der Waals surface area contributed by atoms with E-state index in [1.54, 1.807) is 0 Å². The average molecular weight is 107 g/mol. The van der Waals surface area contributed by atoms with Crippen molar-refractivity contribution in [1.82, 2.24) is 0 Å². The van der Waals surface area contributed by atoms with Gasteiger partial charge in [0.1, 0.15) is 0 Å². The Kier molecular flexibility index (Phi) is 153. The summed E-state index contributed by atoms with van der Waals surface area (Å²) in [6.07, 6.45) is 0. The molecule has 0 heterocycles. The van der Waals surface area contributed by atoms with Crippen molar-refractivity contribution >= 4 is 0 Å². The Morgan fingerprint density at radius 1 is 1.00 bits per heavy atom. The average Bonchev–Trinajstić information content (AvgIpc) is 0.918. The summed E-state index contributed by atoms with van der Waals surface area (Å²) in [7, 11) is 0. The zero-order chi connectivity index (χ0) is 2.71. The molecule has 0 aromatic carbocycles. The summed E-state index contributed by atoms with van der Waals surface area (Å²) in [6, 6.07) is 0. The molecule has 0 radical (unpaired) electrons. The topological polar surface area (TPSA) is 58.7 Å². The van der Waals surface area contributed by atoms with Gasteiger partial charge < -0.3 is 15.8 Å². The number of nitrogens with zero attached hydrogens (tertiary/aromatic N) is 3. The largest absolute Gasteiger partial charge is 1.00 e. The molecule has 0 rings (SSSR count). The summed E-state index contributed by atoms with van der Waals surface area (Å²) < 4.78 is 0. The van der Waals surface area contributed by atoms with E-state index in [0.29, 0.717) is 0 Å². The van der Waals surface area contributed by atoms with Crippen LogP contribution in [0.15, 0.2) is 0 Å². The van der Waals surface area contributed by atoms with Gasteiger partial charge >= 0.3 is 59.1 Å². The van der Waals surface area contributed by atoms with Crippen LogP contribution in [0.25, 0.3) is 16.0 Å². The first-order chi connectivity index (χ1) is 1.41. The van der Waals surface area contributed by atoms with Gasteiger partial charge in [-0.05, 0) is 0 Å². The van der Waals surface area contributed by atoms with Gasteiger partial charge in [-0.3, -0.25) is 4.91 Å². The molecular formula is FN3Na2. The van der Waals surface area contributed by atoms with E-state index >= 15 is 0 Å². The van der Waals surface area contributed by atoms with Crippen molar-refractivity contribution in [2.45, 2.75) is 0 Å². The molecule has 0 aromatic heterocycles. The van der Waals surface area contributed by atoms with Crippen LogP contribution in [0, 0.1) is 0 Å².